The summed E-state index contributed by atoms with van der Waals surface area (Å²) in [5.74, 6) is 1.53. The van der Waals surface area contributed by atoms with Crippen molar-refractivity contribution in [1.29, 1.82) is 0 Å². The Kier molecular flexibility index (Phi) is 10.1. The Hall–Kier alpha value is -0.0400. The molecule has 4 N–H and O–H groups in total. The van der Waals surface area contributed by atoms with Crippen molar-refractivity contribution in [3.63, 3.8) is 0 Å². The van der Waals surface area contributed by atoms with Gasteiger partial charge < -0.3 is 24.8 Å². The van der Waals surface area contributed by atoms with Crippen molar-refractivity contribution in [2.45, 2.75) is 62.1 Å². The fraction of sp³-hybridized carbons (Fsp3) is 0.900. The van der Waals surface area contributed by atoms with Crippen molar-refractivity contribution in [2.75, 3.05) is 44.4 Å². The Morgan fingerprint density at radius 3 is 2.70 bits per heavy atom. The second-order valence-electron chi connectivity index (χ2n) is 8.24. The van der Waals surface area contributed by atoms with Crippen LogP contribution in [-0.4, -0.2) is 105 Å². The van der Waals surface area contributed by atoms with Gasteiger partial charge in [0.15, 0.2) is 0 Å². The van der Waals surface area contributed by atoms with Gasteiger partial charge >= 0.3 is 0 Å². The van der Waals surface area contributed by atoms with E-state index >= 15 is 0 Å². The predicted molar refractivity (Wildman–Crippen MR) is 118 cm³/mol. The topological polar surface area (TPSA) is 111 Å². The van der Waals surface area contributed by atoms with Gasteiger partial charge in [-0.1, -0.05) is 25.5 Å². The predicted octanol–water partition coefficient (Wildman–Crippen LogP) is -0.142. The molecule has 8 unspecified atom stereocenters. The molecule has 174 valence electrons. The Labute approximate surface area is 186 Å². The van der Waals surface area contributed by atoms with Crippen LogP contribution in [0.2, 0.25) is 0 Å². The first-order valence-corrected chi connectivity index (χ1v) is 13.3. The number of aliphatic hydroxyl groups is 3. The van der Waals surface area contributed by atoms with E-state index in [2.05, 4.69) is 21.8 Å². The minimum atomic E-state index is -1.30. The lowest BCUT2D eigenvalue weighted by Gasteiger charge is -2.44. The summed E-state index contributed by atoms with van der Waals surface area (Å²) in [5.41, 5.74) is -0.638. The maximum atomic E-state index is 12.5. The molecule has 3 heterocycles. The molecule has 3 aliphatic heterocycles. The van der Waals surface area contributed by atoms with E-state index < -0.39 is 46.9 Å². The van der Waals surface area contributed by atoms with Gasteiger partial charge in [0.25, 0.3) is 0 Å². The van der Waals surface area contributed by atoms with Crippen LogP contribution in [0.4, 0.5) is 0 Å². The Balaban J connectivity index is 1.73. The third-order valence-electron chi connectivity index (χ3n) is 5.84. The van der Waals surface area contributed by atoms with E-state index in [1.165, 1.54) is 11.8 Å². The van der Waals surface area contributed by atoms with Gasteiger partial charge in [-0.05, 0) is 18.8 Å². The Bertz CT molecular complexity index is 577. The molecule has 8 atom stereocenters. The first kappa shape index (κ1) is 24.6. The number of ether oxygens (including phenoxy) is 2. The van der Waals surface area contributed by atoms with Crippen molar-refractivity contribution in [2.24, 2.45) is 5.92 Å². The second kappa shape index (κ2) is 12.3. The van der Waals surface area contributed by atoms with Crippen molar-refractivity contribution in [1.82, 2.24) is 9.62 Å². The van der Waals surface area contributed by atoms with Crippen LogP contribution in [0.1, 0.15) is 26.2 Å². The second-order valence-corrected chi connectivity index (χ2v) is 10.7. The summed E-state index contributed by atoms with van der Waals surface area (Å²) < 4.78 is 27.0. The molecule has 2 fully saturated rings. The van der Waals surface area contributed by atoms with Crippen LogP contribution in [0, 0.1) is 5.92 Å². The zero-order valence-corrected chi connectivity index (χ0v) is 19.2. The van der Waals surface area contributed by atoms with Crippen molar-refractivity contribution in [3.05, 3.63) is 12.2 Å². The number of fused-ring (bicyclic) bond motifs is 2. The number of hydrogen-bond acceptors (Lipinski definition) is 8. The molecule has 30 heavy (non-hydrogen) atoms. The molecule has 2 saturated heterocycles. The number of morpholine rings is 1. The summed E-state index contributed by atoms with van der Waals surface area (Å²) in [6.07, 6.45) is 2.12. The molecule has 0 aromatic heterocycles. The normalized spacial score (nSPS) is 40.6. The number of hydrogen-bond donors (Lipinski definition) is 4. The van der Waals surface area contributed by atoms with E-state index in [1.807, 2.05) is 6.92 Å². The van der Waals surface area contributed by atoms with Gasteiger partial charge in [-0.2, -0.15) is 0 Å². The number of nitrogens with zero attached hydrogens (tertiary/aromatic N) is 1. The van der Waals surface area contributed by atoms with Crippen LogP contribution in [0.5, 0.6) is 0 Å². The quantitative estimate of drug-likeness (QED) is 0.385. The number of unbranched alkanes of at least 4 members (excludes halogenated alkanes) is 1. The third-order valence-corrected chi connectivity index (χ3v) is 8.40. The molecule has 2 bridgehead atoms. The van der Waals surface area contributed by atoms with Crippen LogP contribution in [0.15, 0.2) is 12.2 Å². The monoisotopic (exact) mass is 464 g/mol. The van der Waals surface area contributed by atoms with Gasteiger partial charge in [0.2, 0.25) is 0 Å². The number of nitrogens with one attached hydrogen (secondary N) is 1. The molecule has 8 nitrogen and oxygen atoms in total. The number of rotatable bonds is 7. The number of thioether (sulfide) groups is 1. The molecule has 10 heteroatoms. The molecule has 0 aromatic carbocycles. The average Bonchev–Trinajstić information content (AvgIpc) is 2.75. The molecular weight excluding hydrogens is 428 g/mol. The molecule has 0 aromatic rings. The first-order chi connectivity index (χ1) is 14.5. The van der Waals surface area contributed by atoms with Crippen molar-refractivity contribution in [3.8, 4) is 0 Å². The third kappa shape index (κ3) is 6.73. The van der Waals surface area contributed by atoms with Crippen LogP contribution < -0.4 is 4.72 Å². The highest BCUT2D eigenvalue weighted by Gasteiger charge is 2.47. The minimum absolute atomic E-state index is 0.260. The van der Waals surface area contributed by atoms with Gasteiger partial charge in [-0.3, -0.25) is 4.90 Å². The zero-order valence-electron chi connectivity index (χ0n) is 17.6. The van der Waals surface area contributed by atoms with Gasteiger partial charge in [-0.25, -0.2) is 8.93 Å². The van der Waals surface area contributed by atoms with E-state index in [0.29, 0.717) is 12.2 Å². The lowest BCUT2D eigenvalue weighted by atomic mass is 9.93. The van der Waals surface area contributed by atoms with E-state index in [0.717, 1.165) is 51.4 Å². The lowest BCUT2D eigenvalue weighted by Crippen LogP contribution is -2.62. The number of aliphatic hydroxyl groups excluding tert-OH is 3. The summed E-state index contributed by atoms with van der Waals surface area (Å²) in [6, 6.07) is -0.415. The smallest absolute Gasteiger partial charge is 0.132 e. The van der Waals surface area contributed by atoms with Crippen LogP contribution in [0.3, 0.4) is 0 Å². The summed E-state index contributed by atoms with van der Waals surface area (Å²) in [5, 5.41) is 31.4. The zero-order chi connectivity index (χ0) is 21.5. The highest BCUT2D eigenvalue weighted by atomic mass is 32.2. The molecule has 0 spiro atoms. The van der Waals surface area contributed by atoms with Crippen molar-refractivity contribution >= 4 is 22.7 Å². The Morgan fingerprint density at radius 2 is 1.97 bits per heavy atom. The van der Waals surface area contributed by atoms with Crippen LogP contribution in [-0.2, 0) is 20.5 Å². The molecular formula is C20H36N2O6S2. The summed E-state index contributed by atoms with van der Waals surface area (Å²) in [4.78, 5) is 2.37. The molecule has 3 rings (SSSR count). The maximum Gasteiger partial charge on any atom is 0.132 e. The SMILES string of the molecule is CCCCS(=O)NC1C/C=C\C(CN2CCOCC2)CSC2OC1C(O)C(O)C2O. The Morgan fingerprint density at radius 1 is 1.20 bits per heavy atom. The van der Waals surface area contributed by atoms with E-state index in [-0.39, 0.29) is 5.92 Å². The highest BCUT2D eigenvalue weighted by molar-refractivity contribution is 7.99. The lowest BCUT2D eigenvalue weighted by molar-refractivity contribution is -0.203. The van der Waals surface area contributed by atoms with E-state index in [9.17, 15) is 19.5 Å². The van der Waals surface area contributed by atoms with E-state index in [1.54, 1.807) is 0 Å². The molecule has 0 saturated carbocycles. The fourth-order valence-corrected chi connectivity index (χ4v) is 6.47. The van der Waals surface area contributed by atoms with Gasteiger partial charge in [0.1, 0.15) is 29.9 Å². The first-order valence-electron chi connectivity index (χ1n) is 10.9. The van der Waals surface area contributed by atoms with Crippen LogP contribution in [0.25, 0.3) is 0 Å². The van der Waals surface area contributed by atoms with Crippen LogP contribution >= 0.6 is 11.8 Å². The molecule has 0 radical (unpaired) electrons. The molecule has 0 aliphatic carbocycles. The summed E-state index contributed by atoms with van der Waals surface area (Å²) in [6.45, 7) is 6.25. The minimum Gasteiger partial charge on any atom is -0.388 e. The summed E-state index contributed by atoms with van der Waals surface area (Å²) >= 11 is 1.46. The van der Waals surface area contributed by atoms with Gasteiger partial charge in [-0.15, -0.1) is 11.8 Å². The summed E-state index contributed by atoms with van der Waals surface area (Å²) in [7, 11) is -1.25. The molecule has 0 amide bonds. The standard InChI is InChI=1S/C20H36N2O6S2/c1-2-3-11-30(26)21-15-6-4-5-14(12-22-7-9-27-10-8-22)13-29-20-18(25)16(23)17(24)19(15)28-20/h4-5,14-21,23-25H,2-3,6-13H2,1H3/b5-4-. The van der Waals surface area contributed by atoms with Gasteiger partial charge in [0, 0.05) is 31.1 Å². The highest BCUT2D eigenvalue weighted by Crippen LogP contribution is 2.33. The van der Waals surface area contributed by atoms with Gasteiger partial charge in [0.05, 0.1) is 30.2 Å². The average molecular weight is 465 g/mol. The largest absolute Gasteiger partial charge is 0.388 e. The molecule has 3 aliphatic rings. The van der Waals surface area contributed by atoms with Crippen molar-refractivity contribution < 1.29 is 29.0 Å². The van der Waals surface area contributed by atoms with E-state index in [4.69, 9.17) is 9.47 Å². The maximum absolute atomic E-state index is 12.5. The fourth-order valence-electron chi connectivity index (χ4n) is 4.02.